The number of carbonyl (C=O) groups excluding carboxylic acids is 2. The van der Waals surface area contributed by atoms with Gasteiger partial charge in [0.15, 0.2) is 0 Å². The topological polar surface area (TPSA) is 76.7 Å². The molecule has 1 aliphatic rings. The number of esters is 1. The lowest BCUT2D eigenvalue weighted by molar-refractivity contribution is -0.140. The molecule has 0 spiro atoms. The minimum absolute atomic E-state index is 0.0278. The molecule has 0 saturated carbocycles. The summed E-state index contributed by atoms with van der Waals surface area (Å²) < 4.78 is 11.2. The van der Waals surface area contributed by atoms with E-state index in [0.717, 1.165) is 5.56 Å². The number of carbonyl (C=O) groups is 2. The van der Waals surface area contributed by atoms with Crippen molar-refractivity contribution in [2.24, 2.45) is 5.92 Å². The number of amides is 2. The predicted octanol–water partition coefficient (Wildman–Crippen LogP) is 3.30. The van der Waals surface area contributed by atoms with Crippen LogP contribution in [0, 0.1) is 5.92 Å². The van der Waals surface area contributed by atoms with E-state index in [1.807, 2.05) is 52.0 Å². The summed E-state index contributed by atoms with van der Waals surface area (Å²) in [5.74, 6) is 0.417. The second-order valence-electron chi connectivity index (χ2n) is 6.77. The first kappa shape index (κ1) is 18.8. The summed E-state index contributed by atoms with van der Waals surface area (Å²) in [6.45, 7) is 9.81. The van der Waals surface area contributed by atoms with Gasteiger partial charge in [-0.05, 0) is 32.8 Å². The maximum Gasteiger partial charge on any atom is 0.338 e. The van der Waals surface area contributed by atoms with Crippen molar-refractivity contribution in [3.8, 4) is 5.75 Å². The number of para-hydroxylation sites is 1. The highest BCUT2D eigenvalue weighted by Gasteiger charge is 2.34. The SMILES string of the molecule is CC1=C(C(=O)OCC(C)C)C(c2ccccc2OC(C)C)NC(=O)N1. The molecule has 0 aromatic heterocycles. The predicted molar refractivity (Wildman–Crippen MR) is 95.1 cm³/mol. The molecule has 0 aliphatic carbocycles. The summed E-state index contributed by atoms with van der Waals surface area (Å²) in [5, 5.41) is 5.45. The lowest BCUT2D eigenvalue weighted by Crippen LogP contribution is -2.45. The Labute approximate surface area is 148 Å². The fourth-order valence-electron chi connectivity index (χ4n) is 2.60. The Balaban J connectivity index is 2.41. The molecule has 6 nitrogen and oxygen atoms in total. The molecule has 136 valence electrons. The second-order valence-corrected chi connectivity index (χ2v) is 6.77. The smallest absolute Gasteiger partial charge is 0.338 e. The van der Waals surface area contributed by atoms with E-state index in [1.165, 1.54) is 0 Å². The van der Waals surface area contributed by atoms with Gasteiger partial charge in [-0.15, -0.1) is 0 Å². The Morgan fingerprint density at radius 1 is 1.20 bits per heavy atom. The van der Waals surface area contributed by atoms with Crippen molar-refractivity contribution in [1.82, 2.24) is 10.6 Å². The third kappa shape index (κ3) is 4.75. The zero-order chi connectivity index (χ0) is 18.6. The van der Waals surface area contributed by atoms with Crippen LogP contribution in [0.25, 0.3) is 0 Å². The molecular weight excluding hydrogens is 320 g/mol. The fourth-order valence-corrected chi connectivity index (χ4v) is 2.60. The third-order valence-electron chi connectivity index (χ3n) is 3.63. The van der Waals surface area contributed by atoms with Crippen LogP contribution in [0.1, 0.15) is 46.2 Å². The van der Waals surface area contributed by atoms with Crippen LogP contribution >= 0.6 is 0 Å². The van der Waals surface area contributed by atoms with Crippen LogP contribution in [0.4, 0.5) is 4.79 Å². The third-order valence-corrected chi connectivity index (χ3v) is 3.63. The van der Waals surface area contributed by atoms with Gasteiger partial charge in [-0.1, -0.05) is 32.0 Å². The van der Waals surface area contributed by atoms with E-state index in [1.54, 1.807) is 6.92 Å². The molecule has 1 aromatic carbocycles. The van der Waals surface area contributed by atoms with Gasteiger partial charge in [-0.2, -0.15) is 0 Å². The molecule has 1 unspecified atom stereocenters. The van der Waals surface area contributed by atoms with E-state index in [-0.39, 0.29) is 18.1 Å². The van der Waals surface area contributed by atoms with E-state index in [0.29, 0.717) is 23.6 Å². The number of allylic oxidation sites excluding steroid dienone is 1. The maximum absolute atomic E-state index is 12.6. The van der Waals surface area contributed by atoms with Gasteiger partial charge in [-0.3, -0.25) is 0 Å². The lowest BCUT2D eigenvalue weighted by Gasteiger charge is -2.29. The summed E-state index contributed by atoms with van der Waals surface area (Å²) in [6.07, 6.45) is -0.0278. The quantitative estimate of drug-likeness (QED) is 0.775. The van der Waals surface area contributed by atoms with E-state index in [2.05, 4.69) is 10.6 Å². The van der Waals surface area contributed by atoms with E-state index < -0.39 is 12.0 Å². The number of hydrogen-bond acceptors (Lipinski definition) is 4. The number of urea groups is 1. The van der Waals surface area contributed by atoms with E-state index in [4.69, 9.17) is 9.47 Å². The first-order valence-electron chi connectivity index (χ1n) is 8.50. The minimum atomic E-state index is -0.622. The van der Waals surface area contributed by atoms with Crippen molar-refractivity contribution in [1.29, 1.82) is 0 Å². The molecule has 6 heteroatoms. The standard InChI is InChI=1S/C19H26N2O4/c1-11(2)10-24-18(22)16-13(5)20-19(23)21-17(16)14-8-6-7-9-15(14)25-12(3)4/h6-9,11-12,17H,10H2,1-5H3,(H2,20,21,23). The molecule has 1 aliphatic heterocycles. The van der Waals surface area contributed by atoms with Crippen LogP contribution in [0.5, 0.6) is 5.75 Å². The van der Waals surface area contributed by atoms with Gasteiger partial charge in [0.2, 0.25) is 0 Å². The van der Waals surface area contributed by atoms with Crippen molar-refractivity contribution in [2.45, 2.75) is 46.8 Å². The maximum atomic E-state index is 12.6. The zero-order valence-electron chi connectivity index (χ0n) is 15.4. The van der Waals surface area contributed by atoms with Gasteiger partial charge in [-0.25, -0.2) is 9.59 Å². The molecule has 1 heterocycles. The van der Waals surface area contributed by atoms with Gasteiger partial charge < -0.3 is 20.1 Å². The highest BCUT2D eigenvalue weighted by molar-refractivity contribution is 5.95. The minimum Gasteiger partial charge on any atom is -0.491 e. The van der Waals surface area contributed by atoms with Gasteiger partial charge in [0, 0.05) is 11.3 Å². The van der Waals surface area contributed by atoms with Crippen molar-refractivity contribution in [3.63, 3.8) is 0 Å². The normalized spacial score (nSPS) is 17.4. The molecule has 0 saturated heterocycles. The van der Waals surface area contributed by atoms with Crippen LogP contribution in [-0.2, 0) is 9.53 Å². The second kappa shape index (κ2) is 8.05. The number of nitrogens with one attached hydrogen (secondary N) is 2. The number of ether oxygens (including phenoxy) is 2. The molecule has 1 atom stereocenters. The lowest BCUT2D eigenvalue weighted by atomic mass is 9.94. The first-order valence-corrected chi connectivity index (χ1v) is 8.50. The molecule has 0 radical (unpaired) electrons. The molecule has 2 amide bonds. The van der Waals surface area contributed by atoms with Crippen LogP contribution < -0.4 is 15.4 Å². The van der Waals surface area contributed by atoms with Crippen molar-refractivity contribution < 1.29 is 19.1 Å². The molecule has 25 heavy (non-hydrogen) atoms. The van der Waals surface area contributed by atoms with Gasteiger partial charge in [0.1, 0.15) is 5.75 Å². The summed E-state index contributed by atoms with van der Waals surface area (Å²) in [5.41, 5.74) is 1.60. The summed E-state index contributed by atoms with van der Waals surface area (Å²) >= 11 is 0. The Bertz CT molecular complexity index is 680. The largest absolute Gasteiger partial charge is 0.491 e. The highest BCUT2D eigenvalue weighted by atomic mass is 16.5. The fraction of sp³-hybridized carbons (Fsp3) is 0.474. The van der Waals surface area contributed by atoms with Crippen molar-refractivity contribution >= 4 is 12.0 Å². The van der Waals surface area contributed by atoms with Gasteiger partial charge in [0.05, 0.1) is 24.3 Å². The first-order chi connectivity index (χ1) is 11.8. The summed E-state index contributed by atoms with van der Waals surface area (Å²) in [7, 11) is 0. The number of hydrogen-bond donors (Lipinski definition) is 2. The van der Waals surface area contributed by atoms with Crippen molar-refractivity contribution in [2.75, 3.05) is 6.61 Å². The molecule has 0 bridgehead atoms. The van der Waals surface area contributed by atoms with E-state index >= 15 is 0 Å². The van der Waals surface area contributed by atoms with Crippen LogP contribution in [0.2, 0.25) is 0 Å². The van der Waals surface area contributed by atoms with Gasteiger partial charge >= 0.3 is 12.0 Å². The zero-order valence-corrected chi connectivity index (χ0v) is 15.4. The highest BCUT2D eigenvalue weighted by Crippen LogP contribution is 2.34. The molecular formula is C19H26N2O4. The molecule has 2 N–H and O–H groups in total. The molecule has 1 aromatic rings. The summed E-state index contributed by atoms with van der Waals surface area (Å²) in [6, 6.07) is 6.40. The van der Waals surface area contributed by atoms with Crippen LogP contribution in [0.3, 0.4) is 0 Å². The monoisotopic (exact) mass is 346 g/mol. The van der Waals surface area contributed by atoms with E-state index in [9.17, 15) is 9.59 Å². The Hall–Kier alpha value is -2.50. The molecule has 2 rings (SSSR count). The van der Waals surface area contributed by atoms with Gasteiger partial charge in [0.25, 0.3) is 0 Å². The van der Waals surface area contributed by atoms with Crippen molar-refractivity contribution in [3.05, 3.63) is 41.1 Å². The summed E-state index contributed by atoms with van der Waals surface area (Å²) in [4.78, 5) is 24.6. The molecule has 0 fully saturated rings. The average Bonchev–Trinajstić information content (AvgIpc) is 2.51. The average molecular weight is 346 g/mol. The number of benzene rings is 1. The Morgan fingerprint density at radius 3 is 2.52 bits per heavy atom. The van der Waals surface area contributed by atoms with Crippen LogP contribution in [-0.4, -0.2) is 24.7 Å². The Morgan fingerprint density at radius 2 is 1.88 bits per heavy atom. The Kier molecular flexibility index (Phi) is 6.07. The van der Waals surface area contributed by atoms with Crippen LogP contribution in [0.15, 0.2) is 35.5 Å². The number of rotatable bonds is 6.